The molecule has 0 aromatic rings. The molecule has 2 atom stereocenters. The van der Waals surface area contributed by atoms with Gasteiger partial charge in [0.05, 0.1) is 6.21 Å². The third-order valence-electron chi connectivity index (χ3n) is 2.73. The van der Waals surface area contributed by atoms with Crippen molar-refractivity contribution in [2.24, 2.45) is 16.6 Å². The summed E-state index contributed by atoms with van der Waals surface area (Å²) in [5.74, 6) is -2.06. The van der Waals surface area contributed by atoms with Crippen LogP contribution < -0.4 is 11.5 Å². The normalized spacial score (nSPS) is 25.4. The second kappa shape index (κ2) is 5.51. The van der Waals surface area contributed by atoms with Crippen molar-refractivity contribution in [2.45, 2.75) is 11.4 Å². The summed E-state index contributed by atoms with van der Waals surface area (Å²) >= 11 is 1.34. The Morgan fingerprint density at radius 2 is 2.30 bits per heavy atom. The molecule has 0 aliphatic carbocycles. The summed E-state index contributed by atoms with van der Waals surface area (Å²) < 4.78 is 0. The average Bonchev–Trinajstić information content (AvgIpc) is 2.41. The minimum atomic E-state index is -1.24. The minimum absolute atomic E-state index is 0.160. The van der Waals surface area contributed by atoms with E-state index in [9.17, 15) is 19.5 Å². The number of thioether (sulfide) groups is 1. The number of carboxylic acids is 1. The Morgan fingerprint density at radius 3 is 2.90 bits per heavy atom. The molecule has 9 nitrogen and oxygen atoms in total. The highest BCUT2D eigenvalue weighted by atomic mass is 32.2. The molecule has 0 unspecified atom stereocenters. The van der Waals surface area contributed by atoms with Gasteiger partial charge < -0.3 is 21.4 Å². The Morgan fingerprint density at radius 1 is 1.60 bits per heavy atom. The molecule has 1 fully saturated rings. The molecule has 2 aliphatic rings. The van der Waals surface area contributed by atoms with E-state index in [2.05, 4.69) is 9.99 Å². The summed E-state index contributed by atoms with van der Waals surface area (Å²) in [5.41, 5.74) is 10.6. The molecular weight excluding hydrogens is 288 g/mol. The van der Waals surface area contributed by atoms with E-state index in [1.807, 2.05) is 0 Å². The fraction of sp³-hybridized carbons (Fsp3) is 0.400. The number of oxime groups is 1. The molecular formula is C10H12N4O5S. The number of rotatable bonds is 5. The third kappa shape index (κ3) is 2.47. The lowest BCUT2D eigenvalue weighted by molar-refractivity contribution is -0.147. The van der Waals surface area contributed by atoms with E-state index in [-0.39, 0.29) is 11.1 Å². The van der Waals surface area contributed by atoms with Gasteiger partial charge in [-0.1, -0.05) is 5.16 Å². The van der Waals surface area contributed by atoms with Gasteiger partial charge in [-0.25, -0.2) is 4.79 Å². The number of aliphatic carboxylic acids is 1. The second-order valence-electron chi connectivity index (χ2n) is 4.09. The number of primary amides is 1. The minimum Gasteiger partial charge on any atom is -0.477 e. The van der Waals surface area contributed by atoms with Gasteiger partial charge in [-0.15, -0.1) is 11.8 Å². The maximum atomic E-state index is 11.6. The first-order valence-electron chi connectivity index (χ1n) is 5.54. The molecule has 108 valence electrons. The zero-order chi connectivity index (χ0) is 14.9. The highest BCUT2D eigenvalue weighted by molar-refractivity contribution is 8.00. The van der Waals surface area contributed by atoms with Crippen molar-refractivity contribution in [3.63, 3.8) is 0 Å². The quantitative estimate of drug-likeness (QED) is 0.303. The fourth-order valence-electron chi connectivity index (χ4n) is 1.84. The number of nitrogens with two attached hydrogens (primary N) is 2. The number of hydrogen-bond acceptors (Lipinski definition) is 7. The first-order valence-corrected chi connectivity index (χ1v) is 6.58. The first-order chi connectivity index (χ1) is 9.43. The summed E-state index contributed by atoms with van der Waals surface area (Å²) in [6.07, 6.45) is 1.16. The predicted molar refractivity (Wildman–Crippen MR) is 69.4 cm³/mol. The number of carboxylic acid groups (broad SMARTS) is 1. The van der Waals surface area contributed by atoms with E-state index < -0.39 is 30.4 Å². The van der Waals surface area contributed by atoms with Gasteiger partial charge in [0.25, 0.3) is 5.91 Å². The van der Waals surface area contributed by atoms with E-state index in [1.165, 1.54) is 11.8 Å². The van der Waals surface area contributed by atoms with E-state index in [1.54, 1.807) is 0 Å². The summed E-state index contributed by atoms with van der Waals surface area (Å²) in [6.45, 7) is -0.407. The molecule has 1 saturated heterocycles. The second-order valence-corrected chi connectivity index (χ2v) is 5.19. The van der Waals surface area contributed by atoms with E-state index in [0.29, 0.717) is 11.3 Å². The molecule has 5 N–H and O–H groups in total. The van der Waals surface area contributed by atoms with Crippen molar-refractivity contribution in [3.8, 4) is 0 Å². The van der Waals surface area contributed by atoms with Crippen molar-refractivity contribution in [3.05, 3.63) is 11.3 Å². The molecule has 0 aromatic carbocycles. The van der Waals surface area contributed by atoms with Gasteiger partial charge in [0.15, 0.2) is 6.61 Å². The van der Waals surface area contributed by atoms with Crippen LogP contribution in [0.25, 0.3) is 0 Å². The van der Waals surface area contributed by atoms with Gasteiger partial charge in [-0.3, -0.25) is 14.5 Å². The van der Waals surface area contributed by atoms with E-state index in [0.717, 1.165) is 11.1 Å². The van der Waals surface area contributed by atoms with Gasteiger partial charge in [0.1, 0.15) is 17.1 Å². The van der Waals surface area contributed by atoms with Crippen LogP contribution in [0.15, 0.2) is 16.4 Å². The maximum Gasteiger partial charge on any atom is 0.353 e. The molecule has 10 heteroatoms. The lowest BCUT2D eigenvalue weighted by atomic mass is 10.0. The lowest BCUT2D eigenvalue weighted by Gasteiger charge is -2.47. The van der Waals surface area contributed by atoms with Gasteiger partial charge in [0.2, 0.25) is 5.91 Å². The Bertz CT molecular complexity index is 532. The van der Waals surface area contributed by atoms with Crippen LogP contribution in [0.1, 0.15) is 0 Å². The van der Waals surface area contributed by atoms with Gasteiger partial charge >= 0.3 is 5.97 Å². The molecule has 20 heavy (non-hydrogen) atoms. The van der Waals surface area contributed by atoms with Crippen LogP contribution in [0.2, 0.25) is 0 Å². The Balaban J connectivity index is 2.18. The molecule has 2 aliphatic heterocycles. The molecule has 0 spiro atoms. The zero-order valence-electron chi connectivity index (χ0n) is 10.2. The van der Waals surface area contributed by atoms with Crippen LogP contribution in [0.5, 0.6) is 0 Å². The van der Waals surface area contributed by atoms with E-state index in [4.69, 9.17) is 11.5 Å². The number of fused-ring (bicyclic) bond motifs is 1. The topological polar surface area (TPSA) is 148 Å². The number of carbonyl (C=O) groups excluding carboxylic acids is 2. The Labute approximate surface area is 117 Å². The van der Waals surface area contributed by atoms with Gasteiger partial charge in [-0.05, 0) is 0 Å². The molecule has 2 rings (SSSR count). The molecule has 2 heterocycles. The van der Waals surface area contributed by atoms with Crippen molar-refractivity contribution < 1.29 is 24.3 Å². The summed E-state index contributed by atoms with van der Waals surface area (Å²) in [6, 6.07) is -0.682. The fourth-order valence-corrected chi connectivity index (χ4v) is 3.08. The standard InChI is InChI=1S/C10H12N4O5S/c11-5(15)2-19-13-1-4-3-20-9-6(12)8(16)14(9)7(4)10(17)18/h1,6,9H,2-3,12H2,(H2,11,15)(H,17,18)/b13-1+/t6-,9-/m1/s1. The largest absolute Gasteiger partial charge is 0.477 e. The average molecular weight is 300 g/mol. The summed E-state index contributed by atoms with van der Waals surface area (Å²) in [4.78, 5) is 39.1. The first kappa shape index (κ1) is 14.3. The van der Waals surface area contributed by atoms with Crippen LogP contribution in [0.4, 0.5) is 0 Å². The molecule has 0 saturated carbocycles. The Kier molecular flexibility index (Phi) is 3.95. The highest BCUT2D eigenvalue weighted by Crippen LogP contribution is 2.38. The SMILES string of the molecule is NC(=O)CO/N=C/C1=C(C(=O)O)N2C(=O)[C@@H](N)[C@H]2SC1. The lowest BCUT2D eigenvalue weighted by Crippen LogP contribution is -2.68. The van der Waals surface area contributed by atoms with Crippen LogP contribution in [0.3, 0.4) is 0 Å². The number of carbonyl (C=O) groups is 3. The number of hydrogen-bond donors (Lipinski definition) is 3. The summed E-state index contributed by atoms with van der Waals surface area (Å²) in [7, 11) is 0. The summed E-state index contributed by atoms with van der Waals surface area (Å²) in [5, 5.41) is 12.3. The monoisotopic (exact) mass is 300 g/mol. The predicted octanol–water partition coefficient (Wildman–Crippen LogP) is -1.94. The zero-order valence-corrected chi connectivity index (χ0v) is 11.0. The number of β-lactam (4-membered cyclic amide) rings is 1. The molecule has 2 amide bonds. The van der Waals surface area contributed by atoms with Gasteiger partial charge in [0, 0.05) is 11.3 Å². The molecule has 0 bridgehead atoms. The highest BCUT2D eigenvalue weighted by Gasteiger charge is 2.51. The van der Waals surface area contributed by atoms with Crippen LogP contribution in [-0.2, 0) is 19.2 Å². The van der Waals surface area contributed by atoms with Crippen LogP contribution >= 0.6 is 11.8 Å². The van der Waals surface area contributed by atoms with E-state index >= 15 is 0 Å². The number of amides is 2. The Hall–Kier alpha value is -2.07. The third-order valence-corrected chi connectivity index (χ3v) is 4.05. The van der Waals surface area contributed by atoms with Crippen LogP contribution in [-0.4, -0.2) is 57.8 Å². The van der Waals surface area contributed by atoms with Crippen molar-refractivity contribution in [1.82, 2.24) is 4.90 Å². The molecule has 0 radical (unpaired) electrons. The number of nitrogens with zero attached hydrogens (tertiary/aromatic N) is 2. The van der Waals surface area contributed by atoms with Crippen molar-refractivity contribution >= 4 is 35.8 Å². The maximum absolute atomic E-state index is 11.6. The van der Waals surface area contributed by atoms with Crippen molar-refractivity contribution in [2.75, 3.05) is 12.4 Å². The smallest absolute Gasteiger partial charge is 0.353 e. The van der Waals surface area contributed by atoms with Crippen molar-refractivity contribution in [1.29, 1.82) is 0 Å². The van der Waals surface area contributed by atoms with Gasteiger partial charge in [-0.2, -0.15) is 0 Å². The van der Waals surface area contributed by atoms with Crippen LogP contribution in [0, 0.1) is 0 Å². The molecule has 0 aromatic heterocycles.